The first-order valence-corrected chi connectivity index (χ1v) is 8.41. The van der Waals surface area contributed by atoms with Crippen molar-refractivity contribution in [2.45, 2.75) is 12.0 Å². The lowest BCUT2D eigenvalue weighted by Crippen LogP contribution is -2.67. The van der Waals surface area contributed by atoms with Crippen molar-refractivity contribution in [2.75, 3.05) is 38.2 Å². The van der Waals surface area contributed by atoms with Crippen molar-refractivity contribution >= 4 is 5.95 Å². The predicted octanol–water partition coefficient (Wildman–Crippen LogP) is 1.33. The first-order valence-electron chi connectivity index (χ1n) is 8.41. The summed E-state index contributed by atoms with van der Waals surface area (Å²) < 4.78 is 5.83. The number of likely N-dealkylation sites (tertiary alicyclic amines) is 1. The van der Waals surface area contributed by atoms with Crippen LogP contribution >= 0.6 is 0 Å². The van der Waals surface area contributed by atoms with Crippen molar-refractivity contribution in [3.8, 4) is 11.9 Å². The monoisotopic (exact) mass is 336 g/mol. The number of rotatable bonds is 4. The summed E-state index contributed by atoms with van der Waals surface area (Å²) in [6.07, 6.45) is 6.21. The quantitative estimate of drug-likeness (QED) is 0.833. The molecule has 0 radical (unpaired) electrons. The van der Waals surface area contributed by atoms with Gasteiger partial charge in [-0.15, -0.1) is 0 Å². The van der Waals surface area contributed by atoms with E-state index in [9.17, 15) is 0 Å². The second-order valence-corrected chi connectivity index (χ2v) is 6.89. The smallest absolute Gasteiger partial charge is 0.225 e. The summed E-state index contributed by atoms with van der Waals surface area (Å²) in [6.45, 7) is 3.57. The lowest BCUT2D eigenvalue weighted by molar-refractivity contribution is 0.131. The Bertz CT molecular complexity index is 766. The Kier molecular flexibility index (Phi) is 3.98. The highest BCUT2D eigenvalue weighted by Crippen LogP contribution is 2.40. The average molecular weight is 336 g/mol. The number of anilines is 1. The van der Waals surface area contributed by atoms with Gasteiger partial charge in [0.2, 0.25) is 11.8 Å². The van der Waals surface area contributed by atoms with Gasteiger partial charge in [0.1, 0.15) is 6.07 Å². The summed E-state index contributed by atoms with van der Waals surface area (Å²) in [6, 6.07) is 7.38. The minimum absolute atomic E-state index is 0.200. The fraction of sp³-hybridized carbons (Fsp3) is 0.444. The SMILES string of the molecule is CN1C[C@H](COc2ccc(C#N)cn2)CC12CN(c1ncccn1)C2. The second-order valence-electron chi connectivity index (χ2n) is 6.89. The zero-order chi connectivity index (χ0) is 17.3. The van der Waals surface area contributed by atoms with Crippen LogP contribution in [0, 0.1) is 17.2 Å². The van der Waals surface area contributed by atoms with E-state index >= 15 is 0 Å². The van der Waals surface area contributed by atoms with Crippen LogP contribution in [0.2, 0.25) is 0 Å². The molecule has 0 bridgehead atoms. The Morgan fingerprint density at radius 2 is 2.08 bits per heavy atom. The Morgan fingerprint density at radius 3 is 2.76 bits per heavy atom. The molecule has 2 aromatic rings. The molecule has 0 amide bonds. The van der Waals surface area contributed by atoms with Gasteiger partial charge in [0.05, 0.1) is 17.7 Å². The largest absolute Gasteiger partial charge is 0.477 e. The van der Waals surface area contributed by atoms with Crippen molar-refractivity contribution in [1.29, 1.82) is 5.26 Å². The summed E-state index contributed by atoms with van der Waals surface area (Å²) in [7, 11) is 2.18. The van der Waals surface area contributed by atoms with E-state index in [2.05, 4.69) is 37.9 Å². The Labute approximate surface area is 146 Å². The fourth-order valence-corrected chi connectivity index (χ4v) is 3.82. The van der Waals surface area contributed by atoms with Gasteiger partial charge in [-0.2, -0.15) is 5.26 Å². The predicted molar refractivity (Wildman–Crippen MR) is 92.2 cm³/mol. The topological polar surface area (TPSA) is 78.2 Å². The molecule has 2 aromatic heterocycles. The van der Waals surface area contributed by atoms with E-state index in [4.69, 9.17) is 10.00 Å². The molecule has 0 aliphatic carbocycles. The highest BCUT2D eigenvalue weighted by atomic mass is 16.5. The van der Waals surface area contributed by atoms with Crippen LogP contribution in [0.1, 0.15) is 12.0 Å². The molecule has 2 aliphatic rings. The van der Waals surface area contributed by atoms with Gasteiger partial charge in [0, 0.05) is 50.2 Å². The molecule has 2 saturated heterocycles. The summed E-state index contributed by atoms with van der Waals surface area (Å²) in [5.41, 5.74) is 0.746. The maximum absolute atomic E-state index is 8.81. The van der Waals surface area contributed by atoms with E-state index in [1.807, 2.05) is 6.07 Å². The van der Waals surface area contributed by atoms with Gasteiger partial charge in [-0.3, -0.25) is 4.90 Å². The van der Waals surface area contributed by atoms with Crippen LogP contribution in [0.15, 0.2) is 36.8 Å². The Morgan fingerprint density at radius 1 is 1.28 bits per heavy atom. The molecule has 25 heavy (non-hydrogen) atoms. The zero-order valence-electron chi connectivity index (χ0n) is 14.2. The molecule has 0 unspecified atom stereocenters. The Hall–Kier alpha value is -2.72. The van der Waals surface area contributed by atoms with Crippen LogP contribution in [-0.4, -0.2) is 58.7 Å². The van der Waals surface area contributed by atoms with E-state index in [0.29, 0.717) is 24.0 Å². The van der Waals surface area contributed by atoms with Gasteiger partial charge in [0.15, 0.2) is 0 Å². The molecule has 0 saturated carbocycles. The number of pyridine rings is 1. The summed E-state index contributed by atoms with van der Waals surface area (Å²) in [5.74, 6) is 1.86. The minimum Gasteiger partial charge on any atom is -0.477 e. The van der Waals surface area contributed by atoms with Crippen molar-refractivity contribution in [2.24, 2.45) is 5.92 Å². The van der Waals surface area contributed by atoms with Gasteiger partial charge in [-0.1, -0.05) is 0 Å². The molecule has 7 heteroatoms. The molecule has 2 aliphatic heterocycles. The lowest BCUT2D eigenvalue weighted by atomic mass is 9.85. The fourth-order valence-electron chi connectivity index (χ4n) is 3.82. The van der Waals surface area contributed by atoms with E-state index < -0.39 is 0 Å². The Balaban J connectivity index is 1.32. The first-order chi connectivity index (χ1) is 12.2. The molecule has 4 rings (SSSR count). The average Bonchev–Trinajstić information content (AvgIpc) is 2.96. The number of aromatic nitrogens is 3. The van der Waals surface area contributed by atoms with Crippen molar-refractivity contribution < 1.29 is 4.74 Å². The van der Waals surface area contributed by atoms with Crippen molar-refractivity contribution in [3.05, 3.63) is 42.4 Å². The third-order valence-electron chi connectivity index (χ3n) is 5.15. The van der Waals surface area contributed by atoms with Crippen LogP contribution in [0.25, 0.3) is 0 Å². The number of hydrogen-bond acceptors (Lipinski definition) is 7. The molecule has 2 fully saturated rings. The lowest BCUT2D eigenvalue weighted by Gasteiger charge is -2.51. The number of ether oxygens (including phenoxy) is 1. The molecule has 0 aromatic carbocycles. The normalized spacial score (nSPS) is 21.8. The number of likely N-dealkylation sites (N-methyl/N-ethyl adjacent to an activating group) is 1. The molecule has 7 nitrogen and oxygen atoms in total. The minimum atomic E-state index is 0.200. The maximum Gasteiger partial charge on any atom is 0.225 e. The molecular formula is C18H20N6O. The van der Waals surface area contributed by atoms with E-state index in [0.717, 1.165) is 32.0 Å². The molecule has 1 atom stereocenters. The highest BCUT2D eigenvalue weighted by molar-refractivity contribution is 5.38. The molecule has 4 heterocycles. The summed E-state index contributed by atoms with van der Waals surface area (Å²) in [4.78, 5) is 17.5. The van der Waals surface area contributed by atoms with E-state index in [1.54, 1.807) is 30.7 Å². The van der Waals surface area contributed by atoms with Gasteiger partial charge < -0.3 is 9.64 Å². The van der Waals surface area contributed by atoms with Crippen LogP contribution in [0.5, 0.6) is 5.88 Å². The van der Waals surface area contributed by atoms with Crippen LogP contribution < -0.4 is 9.64 Å². The zero-order valence-corrected chi connectivity index (χ0v) is 14.2. The van der Waals surface area contributed by atoms with E-state index in [1.165, 1.54) is 0 Å². The molecule has 1 spiro atoms. The summed E-state index contributed by atoms with van der Waals surface area (Å²) >= 11 is 0. The molecule has 128 valence electrons. The van der Waals surface area contributed by atoms with E-state index in [-0.39, 0.29) is 5.54 Å². The first kappa shape index (κ1) is 15.8. The second kappa shape index (κ2) is 6.30. The van der Waals surface area contributed by atoms with Crippen LogP contribution in [-0.2, 0) is 0 Å². The van der Waals surface area contributed by atoms with Gasteiger partial charge in [-0.05, 0) is 25.6 Å². The summed E-state index contributed by atoms with van der Waals surface area (Å²) in [5, 5.41) is 8.81. The van der Waals surface area contributed by atoms with Gasteiger partial charge >= 0.3 is 0 Å². The van der Waals surface area contributed by atoms with Crippen LogP contribution in [0.3, 0.4) is 0 Å². The van der Waals surface area contributed by atoms with Gasteiger partial charge in [-0.25, -0.2) is 15.0 Å². The number of nitriles is 1. The highest BCUT2D eigenvalue weighted by Gasteiger charge is 2.52. The third kappa shape index (κ3) is 3.01. The molecular weight excluding hydrogens is 316 g/mol. The standard InChI is InChI=1S/C18H20N6O/c1-23-10-15(11-25-16-4-3-14(8-19)9-22-16)7-18(23)12-24(13-18)17-20-5-2-6-21-17/h2-6,9,15H,7,10-13H2,1H3/t15-/m1/s1. The van der Waals surface area contributed by atoms with Crippen LogP contribution in [0.4, 0.5) is 5.95 Å². The van der Waals surface area contributed by atoms with Crippen molar-refractivity contribution in [1.82, 2.24) is 19.9 Å². The number of nitrogens with zero attached hydrogens (tertiary/aromatic N) is 6. The third-order valence-corrected chi connectivity index (χ3v) is 5.15. The number of hydrogen-bond donors (Lipinski definition) is 0. The van der Waals surface area contributed by atoms with Gasteiger partial charge in [0.25, 0.3) is 0 Å². The molecule has 0 N–H and O–H groups in total. The maximum atomic E-state index is 8.81. The van der Waals surface area contributed by atoms with Crippen molar-refractivity contribution in [3.63, 3.8) is 0 Å².